The van der Waals surface area contributed by atoms with Crippen LogP contribution in [0.3, 0.4) is 0 Å². The second kappa shape index (κ2) is 3.00. The highest BCUT2D eigenvalue weighted by molar-refractivity contribution is 5.87. The highest BCUT2D eigenvalue weighted by atomic mass is 16.3. The van der Waals surface area contributed by atoms with E-state index in [9.17, 15) is 5.11 Å². The zero-order valence-electron chi connectivity index (χ0n) is 8.75. The van der Waals surface area contributed by atoms with Gasteiger partial charge >= 0.3 is 0 Å². The average Bonchev–Trinajstić information content (AvgIpc) is 2.54. The van der Waals surface area contributed by atoms with Crippen LogP contribution in [0.1, 0.15) is 11.3 Å². The van der Waals surface area contributed by atoms with Crippen molar-refractivity contribution in [3.63, 3.8) is 0 Å². The fourth-order valence-corrected chi connectivity index (χ4v) is 2.49. The lowest BCUT2D eigenvalue weighted by Crippen LogP contribution is -2.24. The molecule has 2 N–H and O–H groups in total. The molecular weight excluding hydrogens is 188 g/mol. The lowest BCUT2D eigenvalue weighted by atomic mass is 10.0. The van der Waals surface area contributed by atoms with Gasteiger partial charge in [-0.2, -0.15) is 0 Å². The monoisotopic (exact) mass is 202 g/mol. The van der Waals surface area contributed by atoms with Gasteiger partial charge in [-0.1, -0.05) is 0 Å². The molecule has 0 saturated carbocycles. The van der Waals surface area contributed by atoms with Gasteiger partial charge in [0.1, 0.15) is 5.75 Å². The van der Waals surface area contributed by atoms with Crippen molar-refractivity contribution in [3.8, 4) is 5.75 Å². The Morgan fingerprint density at radius 3 is 3.13 bits per heavy atom. The summed E-state index contributed by atoms with van der Waals surface area (Å²) in [6, 6.07) is 5.61. The lowest BCUT2D eigenvalue weighted by Gasteiger charge is -2.14. The van der Waals surface area contributed by atoms with E-state index in [4.69, 9.17) is 0 Å². The Hall–Kier alpha value is -1.48. The molecule has 0 unspecified atom stereocenters. The van der Waals surface area contributed by atoms with E-state index in [2.05, 4.69) is 16.9 Å². The average molecular weight is 202 g/mol. The number of hydrogen-bond donors (Lipinski definition) is 2. The molecule has 0 aliphatic carbocycles. The molecule has 0 bridgehead atoms. The first-order valence-electron chi connectivity index (χ1n) is 5.27. The first kappa shape index (κ1) is 8.80. The van der Waals surface area contributed by atoms with Gasteiger partial charge in [0.15, 0.2) is 0 Å². The molecule has 0 amide bonds. The standard InChI is InChI=1S/C12H14N2O/c1-14-11-3-2-8(15)6-10(11)9-4-5-13-7-12(9)14/h2-3,6,13,15H,4-5,7H2,1H3. The van der Waals surface area contributed by atoms with Crippen molar-refractivity contribution >= 4 is 10.9 Å². The molecule has 1 aliphatic rings. The van der Waals surface area contributed by atoms with Crippen molar-refractivity contribution in [2.45, 2.75) is 13.0 Å². The second-order valence-corrected chi connectivity index (χ2v) is 4.11. The molecule has 1 aromatic carbocycles. The van der Waals surface area contributed by atoms with Crippen LogP contribution < -0.4 is 5.32 Å². The van der Waals surface area contributed by atoms with Gasteiger partial charge in [-0.25, -0.2) is 0 Å². The number of phenolic OH excluding ortho intramolecular Hbond substituents is 1. The Morgan fingerprint density at radius 2 is 2.27 bits per heavy atom. The number of nitrogens with zero attached hydrogens (tertiary/aromatic N) is 1. The molecule has 2 heterocycles. The molecule has 3 heteroatoms. The molecule has 2 aromatic rings. The van der Waals surface area contributed by atoms with E-state index in [-0.39, 0.29) is 0 Å². The largest absolute Gasteiger partial charge is 0.508 e. The van der Waals surface area contributed by atoms with Crippen LogP contribution in [-0.2, 0) is 20.0 Å². The van der Waals surface area contributed by atoms with Gasteiger partial charge in [0.25, 0.3) is 0 Å². The molecule has 3 rings (SSSR count). The van der Waals surface area contributed by atoms with E-state index in [1.807, 2.05) is 12.1 Å². The van der Waals surface area contributed by atoms with E-state index in [0.717, 1.165) is 19.5 Å². The number of hydrogen-bond acceptors (Lipinski definition) is 2. The predicted octanol–water partition coefficient (Wildman–Crippen LogP) is 1.53. The Morgan fingerprint density at radius 1 is 1.40 bits per heavy atom. The van der Waals surface area contributed by atoms with Gasteiger partial charge in [-0.15, -0.1) is 0 Å². The topological polar surface area (TPSA) is 37.2 Å². The van der Waals surface area contributed by atoms with Crippen LogP contribution in [0.4, 0.5) is 0 Å². The number of aryl methyl sites for hydroxylation is 1. The zero-order valence-corrected chi connectivity index (χ0v) is 8.75. The summed E-state index contributed by atoms with van der Waals surface area (Å²) in [5.74, 6) is 0.356. The quantitative estimate of drug-likeness (QED) is 0.679. The van der Waals surface area contributed by atoms with Crippen LogP contribution in [-0.4, -0.2) is 16.2 Å². The summed E-state index contributed by atoms with van der Waals surface area (Å²) < 4.78 is 2.22. The number of fused-ring (bicyclic) bond motifs is 3. The lowest BCUT2D eigenvalue weighted by molar-refractivity contribution is 0.476. The summed E-state index contributed by atoms with van der Waals surface area (Å²) in [7, 11) is 2.09. The number of aromatic nitrogens is 1. The van der Waals surface area contributed by atoms with E-state index in [1.165, 1.54) is 22.2 Å². The summed E-state index contributed by atoms with van der Waals surface area (Å²) in [5, 5.41) is 14.1. The molecule has 1 aromatic heterocycles. The number of aromatic hydroxyl groups is 1. The van der Waals surface area contributed by atoms with Gasteiger partial charge < -0.3 is 15.0 Å². The summed E-state index contributed by atoms with van der Waals surface area (Å²) in [4.78, 5) is 0. The van der Waals surface area contributed by atoms with Gasteiger partial charge in [-0.3, -0.25) is 0 Å². The molecule has 0 atom stereocenters. The molecule has 0 spiro atoms. The predicted molar refractivity (Wildman–Crippen MR) is 60.0 cm³/mol. The minimum absolute atomic E-state index is 0.356. The van der Waals surface area contributed by atoms with Crippen LogP contribution >= 0.6 is 0 Å². The van der Waals surface area contributed by atoms with Crippen LogP contribution in [0.5, 0.6) is 5.75 Å². The van der Waals surface area contributed by atoms with Crippen molar-refractivity contribution in [2.75, 3.05) is 6.54 Å². The van der Waals surface area contributed by atoms with Crippen LogP contribution in [0.15, 0.2) is 18.2 Å². The number of rotatable bonds is 0. The second-order valence-electron chi connectivity index (χ2n) is 4.11. The van der Waals surface area contributed by atoms with Crippen molar-refractivity contribution in [1.29, 1.82) is 0 Å². The smallest absolute Gasteiger partial charge is 0.116 e. The summed E-state index contributed by atoms with van der Waals surface area (Å²) in [5.41, 5.74) is 3.95. The summed E-state index contributed by atoms with van der Waals surface area (Å²) >= 11 is 0. The van der Waals surface area contributed by atoms with Gasteiger partial charge in [0, 0.05) is 30.2 Å². The van der Waals surface area contributed by atoms with E-state index in [1.54, 1.807) is 6.07 Å². The fourth-order valence-electron chi connectivity index (χ4n) is 2.49. The van der Waals surface area contributed by atoms with E-state index >= 15 is 0 Å². The Kier molecular flexibility index (Phi) is 1.76. The van der Waals surface area contributed by atoms with Crippen molar-refractivity contribution < 1.29 is 5.11 Å². The molecule has 0 radical (unpaired) electrons. The fraction of sp³-hybridized carbons (Fsp3) is 0.333. The van der Waals surface area contributed by atoms with Gasteiger partial charge in [0.05, 0.1) is 0 Å². The molecule has 0 saturated heterocycles. The third-order valence-electron chi connectivity index (χ3n) is 3.26. The molecule has 0 fully saturated rings. The Bertz CT molecular complexity index is 528. The maximum atomic E-state index is 9.52. The molecule has 15 heavy (non-hydrogen) atoms. The molecular formula is C12H14N2O. The van der Waals surface area contributed by atoms with E-state index in [0.29, 0.717) is 5.75 Å². The number of nitrogens with one attached hydrogen (secondary N) is 1. The molecule has 3 nitrogen and oxygen atoms in total. The third-order valence-corrected chi connectivity index (χ3v) is 3.26. The van der Waals surface area contributed by atoms with Crippen LogP contribution in [0, 0.1) is 0 Å². The number of benzene rings is 1. The first-order chi connectivity index (χ1) is 7.27. The number of phenols is 1. The summed E-state index contributed by atoms with van der Waals surface area (Å²) in [6.45, 7) is 1.96. The SMILES string of the molecule is Cn1c2c(c3cc(O)ccc31)CCNC2. The van der Waals surface area contributed by atoms with E-state index < -0.39 is 0 Å². The Balaban J connectivity index is 2.39. The summed E-state index contributed by atoms with van der Waals surface area (Å²) in [6.07, 6.45) is 1.05. The third kappa shape index (κ3) is 1.16. The minimum atomic E-state index is 0.356. The van der Waals surface area contributed by atoms with Gasteiger partial charge in [-0.05, 0) is 36.7 Å². The normalized spacial score (nSPS) is 15.5. The van der Waals surface area contributed by atoms with Crippen molar-refractivity contribution in [3.05, 3.63) is 29.5 Å². The van der Waals surface area contributed by atoms with Gasteiger partial charge in [0.2, 0.25) is 0 Å². The molecule has 1 aliphatic heterocycles. The first-order valence-corrected chi connectivity index (χ1v) is 5.27. The van der Waals surface area contributed by atoms with Crippen molar-refractivity contribution in [2.24, 2.45) is 7.05 Å². The van der Waals surface area contributed by atoms with Crippen LogP contribution in [0.25, 0.3) is 10.9 Å². The maximum absolute atomic E-state index is 9.52. The molecule has 78 valence electrons. The van der Waals surface area contributed by atoms with Crippen molar-refractivity contribution in [1.82, 2.24) is 9.88 Å². The maximum Gasteiger partial charge on any atom is 0.116 e. The highest BCUT2D eigenvalue weighted by Gasteiger charge is 2.17. The zero-order chi connectivity index (χ0) is 10.4. The van der Waals surface area contributed by atoms with Crippen LogP contribution in [0.2, 0.25) is 0 Å². The highest BCUT2D eigenvalue weighted by Crippen LogP contribution is 2.30. The minimum Gasteiger partial charge on any atom is -0.508 e. The Labute approximate surface area is 88.3 Å².